The normalized spacial score (nSPS) is 12.0. The number of hydrogen-bond acceptors (Lipinski definition) is 4. The van der Waals surface area contributed by atoms with Crippen molar-refractivity contribution >= 4 is 22.8 Å². The number of H-pyrrole nitrogens is 1. The first-order valence-corrected chi connectivity index (χ1v) is 6.42. The van der Waals surface area contributed by atoms with Crippen LogP contribution >= 0.6 is 11.8 Å². The minimum Gasteiger partial charge on any atom is -0.497 e. The predicted octanol–water partition coefficient (Wildman–Crippen LogP) is 2.40. The van der Waals surface area contributed by atoms with Crippen LogP contribution in [-0.4, -0.2) is 28.4 Å². The highest BCUT2D eigenvalue weighted by Crippen LogP contribution is 2.24. The third-order valence-corrected chi connectivity index (χ3v) is 3.60. The molecule has 0 unspecified atom stereocenters. The van der Waals surface area contributed by atoms with Gasteiger partial charge in [-0.2, -0.15) is 0 Å². The van der Waals surface area contributed by atoms with Gasteiger partial charge >= 0.3 is 0 Å². The topological polar surface area (TPSA) is 63.9 Å². The molecular formula is C12H17N3OS. The molecule has 2 rings (SSSR count). The number of nitrogens with two attached hydrogens (primary N) is 1. The van der Waals surface area contributed by atoms with Crippen molar-refractivity contribution in [1.29, 1.82) is 0 Å². The second kappa shape index (κ2) is 4.58. The Balaban J connectivity index is 2.20. The van der Waals surface area contributed by atoms with Gasteiger partial charge in [0.15, 0.2) is 5.16 Å². The summed E-state index contributed by atoms with van der Waals surface area (Å²) in [5.74, 6) is 1.65. The van der Waals surface area contributed by atoms with E-state index in [0.717, 1.165) is 27.7 Å². The van der Waals surface area contributed by atoms with Gasteiger partial charge in [0.2, 0.25) is 0 Å². The smallest absolute Gasteiger partial charge is 0.166 e. The van der Waals surface area contributed by atoms with Gasteiger partial charge in [-0.3, -0.25) is 0 Å². The maximum absolute atomic E-state index is 5.94. The summed E-state index contributed by atoms with van der Waals surface area (Å²) >= 11 is 1.63. The van der Waals surface area contributed by atoms with E-state index in [2.05, 4.69) is 9.97 Å². The van der Waals surface area contributed by atoms with Gasteiger partial charge in [-0.15, -0.1) is 0 Å². The quantitative estimate of drug-likeness (QED) is 0.819. The molecule has 2 aromatic rings. The Hall–Kier alpha value is -1.20. The summed E-state index contributed by atoms with van der Waals surface area (Å²) < 4.78 is 5.17. The van der Waals surface area contributed by atoms with Crippen molar-refractivity contribution in [3.63, 3.8) is 0 Å². The Labute approximate surface area is 105 Å². The third-order valence-electron chi connectivity index (χ3n) is 2.25. The van der Waals surface area contributed by atoms with Gasteiger partial charge in [0.05, 0.1) is 18.1 Å². The fourth-order valence-electron chi connectivity index (χ4n) is 1.42. The number of hydrogen-bond donors (Lipinski definition) is 2. The minimum absolute atomic E-state index is 0.193. The molecule has 0 atom stereocenters. The van der Waals surface area contributed by atoms with Crippen molar-refractivity contribution in [1.82, 2.24) is 9.97 Å². The lowest BCUT2D eigenvalue weighted by atomic mass is 10.1. The highest BCUT2D eigenvalue weighted by atomic mass is 32.2. The molecule has 0 saturated heterocycles. The molecule has 0 fully saturated rings. The average molecular weight is 251 g/mol. The lowest BCUT2D eigenvalue weighted by molar-refractivity contribution is 0.415. The minimum atomic E-state index is -0.193. The lowest BCUT2D eigenvalue weighted by Crippen LogP contribution is -2.34. The zero-order valence-electron chi connectivity index (χ0n) is 10.3. The fourth-order valence-corrected chi connectivity index (χ4v) is 2.27. The molecule has 0 aliphatic heterocycles. The van der Waals surface area contributed by atoms with Crippen LogP contribution in [0.2, 0.25) is 0 Å². The van der Waals surface area contributed by atoms with Crippen LogP contribution < -0.4 is 10.5 Å². The molecule has 3 N–H and O–H groups in total. The van der Waals surface area contributed by atoms with Crippen molar-refractivity contribution in [3.8, 4) is 5.75 Å². The van der Waals surface area contributed by atoms with E-state index >= 15 is 0 Å². The second-order valence-electron chi connectivity index (χ2n) is 4.70. The van der Waals surface area contributed by atoms with Gasteiger partial charge in [-0.05, 0) is 26.0 Å². The molecule has 4 nitrogen and oxygen atoms in total. The van der Waals surface area contributed by atoms with Crippen LogP contribution in [0.25, 0.3) is 11.0 Å². The van der Waals surface area contributed by atoms with Gasteiger partial charge in [-0.25, -0.2) is 4.98 Å². The molecule has 0 bridgehead atoms. The Kier molecular flexibility index (Phi) is 3.31. The van der Waals surface area contributed by atoms with Crippen LogP contribution in [0.5, 0.6) is 5.75 Å². The first-order valence-electron chi connectivity index (χ1n) is 5.43. The number of nitrogens with one attached hydrogen (secondary N) is 1. The maximum atomic E-state index is 5.94. The van der Waals surface area contributed by atoms with Crippen molar-refractivity contribution in [2.45, 2.75) is 24.5 Å². The molecule has 1 heterocycles. The molecule has 0 aliphatic rings. The summed E-state index contributed by atoms with van der Waals surface area (Å²) in [7, 11) is 1.66. The Bertz CT molecular complexity index is 516. The Morgan fingerprint density at radius 1 is 1.47 bits per heavy atom. The monoisotopic (exact) mass is 251 g/mol. The van der Waals surface area contributed by atoms with E-state index in [9.17, 15) is 0 Å². The largest absolute Gasteiger partial charge is 0.497 e. The van der Waals surface area contributed by atoms with E-state index in [0.29, 0.717) is 0 Å². The molecule has 17 heavy (non-hydrogen) atoms. The Morgan fingerprint density at radius 3 is 2.88 bits per heavy atom. The standard InChI is InChI=1S/C12H17N3OS/c1-12(2,13)7-17-11-14-9-5-4-8(16-3)6-10(9)15-11/h4-6H,7,13H2,1-3H3,(H,14,15). The number of aromatic amines is 1. The highest BCUT2D eigenvalue weighted by molar-refractivity contribution is 7.99. The Morgan fingerprint density at radius 2 is 2.24 bits per heavy atom. The molecule has 0 amide bonds. The number of ether oxygens (including phenoxy) is 1. The maximum Gasteiger partial charge on any atom is 0.166 e. The van der Waals surface area contributed by atoms with E-state index in [1.54, 1.807) is 18.9 Å². The SMILES string of the molecule is COc1ccc2nc(SCC(C)(C)N)[nH]c2c1. The summed E-state index contributed by atoms with van der Waals surface area (Å²) in [4.78, 5) is 7.75. The van der Waals surface area contributed by atoms with Crippen molar-refractivity contribution in [3.05, 3.63) is 18.2 Å². The predicted molar refractivity (Wildman–Crippen MR) is 71.6 cm³/mol. The van der Waals surface area contributed by atoms with E-state index in [4.69, 9.17) is 10.5 Å². The summed E-state index contributed by atoms with van der Waals surface area (Å²) in [5.41, 5.74) is 7.68. The van der Waals surface area contributed by atoms with Gasteiger partial charge in [0.25, 0.3) is 0 Å². The molecule has 1 aromatic heterocycles. The zero-order valence-corrected chi connectivity index (χ0v) is 11.1. The fraction of sp³-hybridized carbons (Fsp3) is 0.417. The number of aromatic nitrogens is 2. The van der Waals surface area contributed by atoms with Crippen molar-refractivity contribution < 1.29 is 4.74 Å². The average Bonchev–Trinajstić information content (AvgIpc) is 2.66. The van der Waals surface area contributed by atoms with Gasteiger partial charge in [0.1, 0.15) is 5.75 Å². The van der Waals surface area contributed by atoms with Crippen LogP contribution in [0, 0.1) is 0 Å². The molecule has 5 heteroatoms. The van der Waals surface area contributed by atoms with Gasteiger partial charge in [0, 0.05) is 17.4 Å². The van der Waals surface area contributed by atoms with Crippen molar-refractivity contribution in [2.24, 2.45) is 5.73 Å². The van der Waals surface area contributed by atoms with E-state index in [1.807, 2.05) is 32.0 Å². The number of rotatable bonds is 4. The molecule has 0 saturated carbocycles. The lowest BCUT2D eigenvalue weighted by Gasteiger charge is -2.16. The van der Waals surface area contributed by atoms with Crippen LogP contribution in [0.3, 0.4) is 0 Å². The van der Waals surface area contributed by atoms with Crippen LogP contribution in [0.4, 0.5) is 0 Å². The number of nitrogens with zero attached hydrogens (tertiary/aromatic N) is 1. The molecular weight excluding hydrogens is 234 g/mol. The highest BCUT2D eigenvalue weighted by Gasteiger charge is 2.13. The van der Waals surface area contributed by atoms with E-state index in [1.165, 1.54) is 0 Å². The van der Waals surface area contributed by atoms with Crippen molar-refractivity contribution in [2.75, 3.05) is 12.9 Å². The van der Waals surface area contributed by atoms with Crippen LogP contribution in [-0.2, 0) is 0 Å². The van der Waals surface area contributed by atoms with Gasteiger partial charge < -0.3 is 15.5 Å². The first kappa shape index (κ1) is 12.3. The third kappa shape index (κ3) is 3.14. The second-order valence-corrected chi connectivity index (χ2v) is 5.67. The summed E-state index contributed by atoms with van der Waals surface area (Å²) in [6.07, 6.45) is 0. The van der Waals surface area contributed by atoms with Crippen LogP contribution in [0.1, 0.15) is 13.8 Å². The number of imidazole rings is 1. The van der Waals surface area contributed by atoms with E-state index in [-0.39, 0.29) is 5.54 Å². The molecule has 0 radical (unpaired) electrons. The zero-order chi connectivity index (χ0) is 12.5. The summed E-state index contributed by atoms with van der Waals surface area (Å²) in [6.45, 7) is 4.01. The number of benzene rings is 1. The summed E-state index contributed by atoms with van der Waals surface area (Å²) in [6, 6.07) is 5.80. The molecule has 1 aromatic carbocycles. The molecule has 0 aliphatic carbocycles. The molecule has 92 valence electrons. The molecule has 0 spiro atoms. The van der Waals surface area contributed by atoms with E-state index < -0.39 is 0 Å². The van der Waals surface area contributed by atoms with Gasteiger partial charge in [-0.1, -0.05) is 11.8 Å². The number of fused-ring (bicyclic) bond motifs is 1. The number of methoxy groups -OCH3 is 1. The number of thioether (sulfide) groups is 1. The summed E-state index contributed by atoms with van der Waals surface area (Å²) in [5, 5.41) is 0.895. The van der Waals surface area contributed by atoms with Crippen LogP contribution in [0.15, 0.2) is 23.4 Å². The first-order chi connectivity index (χ1) is 7.98.